The summed E-state index contributed by atoms with van der Waals surface area (Å²) in [6.45, 7) is 4.27. The molecule has 0 aliphatic heterocycles. The van der Waals surface area contributed by atoms with Crippen molar-refractivity contribution < 1.29 is 0 Å². The van der Waals surface area contributed by atoms with Gasteiger partial charge in [-0.3, -0.25) is 4.68 Å². The lowest BCUT2D eigenvalue weighted by atomic mass is 10.1. The van der Waals surface area contributed by atoms with E-state index in [1.165, 1.54) is 0 Å². The van der Waals surface area contributed by atoms with E-state index >= 15 is 0 Å². The summed E-state index contributed by atoms with van der Waals surface area (Å²) in [7, 11) is 1.87. The third-order valence-corrected chi connectivity index (χ3v) is 1.78. The predicted molar refractivity (Wildman–Crippen MR) is 46.5 cm³/mol. The Balaban J connectivity index is 2.96. The van der Waals surface area contributed by atoms with Crippen LogP contribution in [0, 0.1) is 17.2 Å². The zero-order chi connectivity index (χ0) is 9.14. The van der Waals surface area contributed by atoms with Gasteiger partial charge in [0, 0.05) is 7.05 Å². The van der Waals surface area contributed by atoms with Gasteiger partial charge in [-0.15, -0.1) is 0 Å². The Hall–Kier alpha value is -1.30. The van der Waals surface area contributed by atoms with Gasteiger partial charge < -0.3 is 0 Å². The quantitative estimate of drug-likeness (QED) is 0.662. The van der Waals surface area contributed by atoms with E-state index in [0.717, 1.165) is 12.1 Å². The van der Waals surface area contributed by atoms with Crippen LogP contribution in [0.5, 0.6) is 0 Å². The van der Waals surface area contributed by atoms with Crippen LogP contribution in [0.4, 0.5) is 0 Å². The summed E-state index contributed by atoms with van der Waals surface area (Å²) in [5.74, 6) is 0.562. The molecule has 1 aromatic heterocycles. The van der Waals surface area contributed by atoms with E-state index in [0.29, 0.717) is 11.5 Å². The standard InChI is InChI=1S/C9H13N3/c1-7(2)4-9-8(5-10)6-11-12(9)3/h6-7H,4H2,1-3H3. The summed E-state index contributed by atoms with van der Waals surface area (Å²) in [5.41, 5.74) is 1.73. The first-order valence-corrected chi connectivity index (χ1v) is 4.06. The molecule has 0 unspecified atom stereocenters. The molecule has 0 atom stereocenters. The molecule has 0 radical (unpaired) electrons. The fourth-order valence-corrected chi connectivity index (χ4v) is 1.19. The molecule has 0 amide bonds. The number of aryl methyl sites for hydroxylation is 1. The lowest BCUT2D eigenvalue weighted by Gasteiger charge is -2.04. The van der Waals surface area contributed by atoms with Crippen molar-refractivity contribution in [2.45, 2.75) is 20.3 Å². The molecule has 0 N–H and O–H groups in total. The van der Waals surface area contributed by atoms with Crippen molar-refractivity contribution in [3.63, 3.8) is 0 Å². The van der Waals surface area contributed by atoms with Crippen LogP contribution in [-0.2, 0) is 13.5 Å². The maximum Gasteiger partial charge on any atom is 0.103 e. The lowest BCUT2D eigenvalue weighted by molar-refractivity contribution is 0.595. The molecule has 0 fully saturated rings. The van der Waals surface area contributed by atoms with E-state index in [9.17, 15) is 0 Å². The Morgan fingerprint density at radius 3 is 2.83 bits per heavy atom. The molecule has 0 saturated carbocycles. The van der Waals surface area contributed by atoms with Gasteiger partial charge in [0.15, 0.2) is 0 Å². The van der Waals surface area contributed by atoms with Crippen molar-refractivity contribution in [2.75, 3.05) is 0 Å². The zero-order valence-corrected chi connectivity index (χ0v) is 7.70. The molecule has 12 heavy (non-hydrogen) atoms. The number of hydrogen-bond donors (Lipinski definition) is 0. The minimum Gasteiger partial charge on any atom is -0.271 e. The molecule has 64 valence electrons. The highest BCUT2D eigenvalue weighted by atomic mass is 15.3. The summed E-state index contributed by atoms with van der Waals surface area (Å²) < 4.78 is 1.78. The molecule has 0 aliphatic carbocycles. The Bertz CT molecular complexity index is 304. The topological polar surface area (TPSA) is 41.6 Å². The Kier molecular flexibility index (Phi) is 2.49. The van der Waals surface area contributed by atoms with E-state index in [1.54, 1.807) is 10.9 Å². The highest BCUT2D eigenvalue weighted by Crippen LogP contribution is 2.11. The van der Waals surface area contributed by atoms with Gasteiger partial charge in [-0.1, -0.05) is 13.8 Å². The van der Waals surface area contributed by atoms with Crippen LogP contribution in [0.3, 0.4) is 0 Å². The van der Waals surface area contributed by atoms with Crippen LogP contribution in [-0.4, -0.2) is 9.78 Å². The van der Waals surface area contributed by atoms with Crippen molar-refractivity contribution in [3.05, 3.63) is 17.5 Å². The molecule has 3 heteroatoms. The SMILES string of the molecule is CC(C)Cc1c(C#N)cnn1C. The van der Waals surface area contributed by atoms with Crippen LogP contribution < -0.4 is 0 Å². The molecule has 1 heterocycles. The van der Waals surface area contributed by atoms with Gasteiger partial charge >= 0.3 is 0 Å². The van der Waals surface area contributed by atoms with Crippen LogP contribution in [0.15, 0.2) is 6.20 Å². The van der Waals surface area contributed by atoms with Crippen LogP contribution in [0.25, 0.3) is 0 Å². The summed E-state index contributed by atoms with van der Waals surface area (Å²) in [6, 6.07) is 2.14. The van der Waals surface area contributed by atoms with Gasteiger partial charge in [0.25, 0.3) is 0 Å². The molecular formula is C9H13N3. The second kappa shape index (κ2) is 3.40. The predicted octanol–water partition coefficient (Wildman–Crippen LogP) is 1.49. The highest BCUT2D eigenvalue weighted by molar-refractivity contribution is 5.31. The summed E-state index contributed by atoms with van der Waals surface area (Å²) in [4.78, 5) is 0. The van der Waals surface area contributed by atoms with Crippen LogP contribution in [0.1, 0.15) is 25.1 Å². The average Bonchev–Trinajstić information content (AvgIpc) is 2.32. The third kappa shape index (κ3) is 1.65. The first kappa shape index (κ1) is 8.79. The Labute approximate surface area is 72.6 Å². The van der Waals surface area contributed by atoms with E-state index in [4.69, 9.17) is 5.26 Å². The van der Waals surface area contributed by atoms with Crippen molar-refractivity contribution >= 4 is 0 Å². The molecule has 0 bridgehead atoms. The number of rotatable bonds is 2. The fraction of sp³-hybridized carbons (Fsp3) is 0.556. The first-order chi connectivity index (χ1) is 5.65. The molecule has 0 spiro atoms. The summed E-state index contributed by atoms with van der Waals surface area (Å²) in [5, 5.41) is 12.8. The van der Waals surface area contributed by atoms with E-state index in [1.807, 2.05) is 7.05 Å². The summed E-state index contributed by atoms with van der Waals surface area (Å²) in [6.07, 6.45) is 2.54. The molecule has 1 aromatic rings. The minimum absolute atomic E-state index is 0.562. The number of nitrogens with zero attached hydrogens (tertiary/aromatic N) is 3. The molecule has 0 saturated heterocycles. The molecule has 0 aromatic carbocycles. The van der Waals surface area contributed by atoms with Crippen molar-refractivity contribution in [3.8, 4) is 6.07 Å². The second-order valence-corrected chi connectivity index (χ2v) is 3.34. The largest absolute Gasteiger partial charge is 0.271 e. The van der Waals surface area contributed by atoms with Crippen molar-refractivity contribution in [1.82, 2.24) is 9.78 Å². The minimum atomic E-state index is 0.562. The van der Waals surface area contributed by atoms with Gasteiger partial charge in [0.1, 0.15) is 6.07 Å². The monoisotopic (exact) mass is 163 g/mol. The lowest BCUT2D eigenvalue weighted by Crippen LogP contribution is -2.03. The Morgan fingerprint density at radius 1 is 1.67 bits per heavy atom. The maximum atomic E-state index is 8.74. The van der Waals surface area contributed by atoms with Gasteiger partial charge in [0.05, 0.1) is 17.5 Å². The second-order valence-electron chi connectivity index (χ2n) is 3.34. The van der Waals surface area contributed by atoms with Crippen molar-refractivity contribution in [1.29, 1.82) is 5.26 Å². The first-order valence-electron chi connectivity index (χ1n) is 4.06. The van der Waals surface area contributed by atoms with Crippen LogP contribution >= 0.6 is 0 Å². The van der Waals surface area contributed by atoms with E-state index in [-0.39, 0.29) is 0 Å². The third-order valence-electron chi connectivity index (χ3n) is 1.78. The molecule has 3 nitrogen and oxygen atoms in total. The smallest absolute Gasteiger partial charge is 0.103 e. The van der Waals surface area contributed by atoms with E-state index in [2.05, 4.69) is 25.0 Å². The molecular weight excluding hydrogens is 150 g/mol. The maximum absolute atomic E-state index is 8.74. The molecule has 0 aliphatic rings. The van der Waals surface area contributed by atoms with Crippen LogP contribution in [0.2, 0.25) is 0 Å². The Morgan fingerprint density at radius 2 is 2.33 bits per heavy atom. The van der Waals surface area contributed by atoms with Gasteiger partial charge in [-0.05, 0) is 12.3 Å². The average molecular weight is 163 g/mol. The number of hydrogen-bond acceptors (Lipinski definition) is 2. The zero-order valence-electron chi connectivity index (χ0n) is 7.70. The highest BCUT2D eigenvalue weighted by Gasteiger charge is 2.08. The normalized spacial score (nSPS) is 10.2. The van der Waals surface area contributed by atoms with Gasteiger partial charge in [-0.2, -0.15) is 10.4 Å². The van der Waals surface area contributed by atoms with Crippen molar-refractivity contribution in [2.24, 2.45) is 13.0 Å². The van der Waals surface area contributed by atoms with Gasteiger partial charge in [-0.25, -0.2) is 0 Å². The number of nitriles is 1. The van der Waals surface area contributed by atoms with Gasteiger partial charge in [0.2, 0.25) is 0 Å². The number of aromatic nitrogens is 2. The molecule has 1 rings (SSSR count). The van der Waals surface area contributed by atoms with E-state index < -0.39 is 0 Å². The fourth-order valence-electron chi connectivity index (χ4n) is 1.19. The summed E-state index contributed by atoms with van der Waals surface area (Å²) >= 11 is 0.